The predicted molar refractivity (Wildman–Crippen MR) is 57.7 cm³/mol. The molecule has 0 saturated heterocycles. The fourth-order valence-electron chi connectivity index (χ4n) is 2.23. The van der Waals surface area contributed by atoms with Crippen LogP contribution in [0.2, 0.25) is 0 Å². The van der Waals surface area contributed by atoms with E-state index in [1.807, 2.05) is 0 Å². The lowest BCUT2D eigenvalue weighted by atomic mass is 9.66. The number of nitrogens with zero attached hydrogens (tertiary/aromatic N) is 2. The number of hydrogen-bond acceptors (Lipinski definition) is 4. The van der Waals surface area contributed by atoms with E-state index in [9.17, 15) is 14.7 Å². The molecule has 92 valence electrons. The first-order valence-electron chi connectivity index (χ1n) is 5.37. The Hall–Kier alpha value is -1.85. The van der Waals surface area contributed by atoms with Crippen molar-refractivity contribution in [2.24, 2.45) is 7.05 Å². The van der Waals surface area contributed by atoms with E-state index in [1.54, 1.807) is 7.05 Å². The summed E-state index contributed by atoms with van der Waals surface area (Å²) in [4.78, 5) is 22.7. The Kier molecular flexibility index (Phi) is 2.65. The van der Waals surface area contributed by atoms with Crippen molar-refractivity contribution in [1.82, 2.24) is 9.78 Å². The molecule has 0 amide bonds. The van der Waals surface area contributed by atoms with Gasteiger partial charge in [-0.3, -0.25) is 9.48 Å². The minimum Gasteiger partial charge on any atom is -0.481 e. The number of esters is 1. The number of aryl methyl sites for hydroxylation is 1. The number of carbonyl (C=O) groups excluding carboxylic acids is 1. The third-order valence-corrected chi connectivity index (χ3v) is 3.38. The molecule has 1 N–H and O–H groups in total. The Morgan fingerprint density at radius 3 is 2.59 bits per heavy atom. The average Bonchev–Trinajstić information content (AvgIpc) is 2.58. The van der Waals surface area contributed by atoms with E-state index in [0.717, 1.165) is 6.42 Å². The highest BCUT2D eigenvalue weighted by atomic mass is 16.5. The molecule has 0 bridgehead atoms. The first kappa shape index (κ1) is 11.6. The van der Waals surface area contributed by atoms with Crippen LogP contribution >= 0.6 is 0 Å². The van der Waals surface area contributed by atoms with E-state index in [0.29, 0.717) is 18.5 Å². The molecule has 17 heavy (non-hydrogen) atoms. The van der Waals surface area contributed by atoms with Crippen molar-refractivity contribution in [2.45, 2.75) is 24.7 Å². The number of hydrogen-bond donors (Lipinski definition) is 1. The second-order valence-electron chi connectivity index (χ2n) is 4.27. The third-order valence-electron chi connectivity index (χ3n) is 3.38. The number of ether oxygens (including phenoxy) is 1. The number of rotatable bonds is 3. The normalized spacial score (nSPS) is 17.3. The molecule has 1 aliphatic carbocycles. The van der Waals surface area contributed by atoms with E-state index in [1.165, 1.54) is 17.9 Å². The van der Waals surface area contributed by atoms with Crippen LogP contribution in [0.4, 0.5) is 0 Å². The van der Waals surface area contributed by atoms with Gasteiger partial charge in [0, 0.05) is 7.05 Å². The van der Waals surface area contributed by atoms with Gasteiger partial charge in [-0.15, -0.1) is 0 Å². The number of carboxylic acid groups (broad SMARTS) is 1. The highest BCUT2D eigenvalue weighted by molar-refractivity contribution is 5.88. The summed E-state index contributed by atoms with van der Waals surface area (Å²) in [5, 5.41) is 13.3. The summed E-state index contributed by atoms with van der Waals surface area (Å²) in [5.74, 6) is -1.41. The third kappa shape index (κ3) is 1.60. The summed E-state index contributed by atoms with van der Waals surface area (Å²) in [6.45, 7) is 0. The van der Waals surface area contributed by atoms with Crippen LogP contribution in [0.3, 0.4) is 0 Å². The molecule has 0 radical (unpaired) electrons. The molecule has 6 nitrogen and oxygen atoms in total. The summed E-state index contributed by atoms with van der Waals surface area (Å²) in [6.07, 6.45) is 2.05. The molecule has 1 heterocycles. The number of aromatic nitrogens is 2. The molecule has 1 saturated carbocycles. The van der Waals surface area contributed by atoms with Crippen LogP contribution in [-0.4, -0.2) is 33.9 Å². The van der Waals surface area contributed by atoms with Crippen LogP contribution in [0.25, 0.3) is 0 Å². The topological polar surface area (TPSA) is 81.4 Å². The fourth-order valence-corrected chi connectivity index (χ4v) is 2.23. The van der Waals surface area contributed by atoms with Gasteiger partial charge in [-0.25, -0.2) is 4.79 Å². The molecular weight excluding hydrogens is 224 g/mol. The predicted octanol–water partition coefficient (Wildman–Crippen LogP) is 0.713. The van der Waals surface area contributed by atoms with Gasteiger partial charge in [0.05, 0.1) is 12.8 Å². The lowest BCUT2D eigenvalue weighted by Crippen LogP contribution is -2.43. The van der Waals surface area contributed by atoms with Crippen LogP contribution in [0.15, 0.2) is 6.07 Å². The van der Waals surface area contributed by atoms with E-state index >= 15 is 0 Å². The van der Waals surface area contributed by atoms with Gasteiger partial charge in [-0.05, 0) is 18.9 Å². The summed E-state index contributed by atoms with van der Waals surface area (Å²) < 4.78 is 6.03. The largest absolute Gasteiger partial charge is 0.481 e. The molecular formula is C11H14N2O4. The Morgan fingerprint density at radius 1 is 1.53 bits per heavy atom. The minimum absolute atomic E-state index is 0.150. The van der Waals surface area contributed by atoms with Crippen LogP contribution in [0.1, 0.15) is 35.4 Å². The number of methoxy groups -OCH3 is 1. The summed E-state index contributed by atoms with van der Waals surface area (Å²) in [6, 6.07) is 1.51. The Bertz CT molecular complexity index is 474. The van der Waals surface area contributed by atoms with Crippen molar-refractivity contribution in [3.8, 4) is 0 Å². The molecule has 2 rings (SSSR count). The van der Waals surface area contributed by atoms with Gasteiger partial charge < -0.3 is 9.84 Å². The second-order valence-corrected chi connectivity index (χ2v) is 4.27. The lowest BCUT2D eigenvalue weighted by Gasteiger charge is -2.37. The van der Waals surface area contributed by atoms with Gasteiger partial charge in [0.15, 0.2) is 5.69 Å². The number of aliphatic carboxylic acids is 1. The molecule has 6 heteroatoms. The van der Waals surface area contributed by atoms with E-state index in [4.69, 9.17) is 0 Å². The van der Waals surface area contributed by atoms with Gasteiger partial charge in [-0.2, -0.15) is 5.10 Å². The molecule has 1 aromatic rings. The molecule has 1 aromatic heterocycles. The molecule has 0 unspecified atom stereocenters. The molecule has 0 spiro atoms. The molecule has 1 aliphatic rings. The summed E-state index contributed by atoms with van der Waals surface area (Å²) in [5.41, 5.74) is -0.164. The zero-order valence-corrected chi connectivity index (χ0v) is 9.77. The van der Waals surface area contributed by atoms with Gasteiger partial charge in [0.2, 0.25) is 0 Å². The number of carbonyl (C=O) groups is 2. The second kappa shape index (κ2) is 3.87. The Morgan fingerprint density at radius 2 is 2.18 bits per heavy atom. The van der Waals surface area contributed by atoms with Crippen LogP contribution in [0.5, 0.6) is 0 Å². The number of carboxylic acids is 1. The highest BCUT2D eigenvalue weighted by Crippen LogP contribution is 2.43. The SMILES string of the molecule is COC(=O)c1cc(C2(C(=O)O)CCC2)n(C)n1. The lowest BCUT2D eigenvalue weighted by molar-refractivity contribution is -0.147. The van der Waals surface area contributed by atoms with Gasteiger partial charge in [0.25, 0.3) is 0 Å². The molecule has 0 aromatic carbocycles. The standard InChI is InChI=1S/C11H14N2O4/c1-13-8(6-7(12-13)9(14)17-2)11(10(15)16)4-3-5-11/h6H,3-5H2,1-2H3,(H,15,16). The van der Waals surface area contributed by atoms with Crippen molar-refractivity contribution in [2.75, 3.05) is 7.11 Å². The molecule has 1 fully saturated rings. The van der Waals surface area contributed by atoms with Crippen LogP contribution in [-0.2, 0) is 22.0 Å². The van der Waals surface area contributed by atoms with Crippen molar-refractivity contribution < 1.29 is 19.4 Å². The average molecular weight is 238 g/mol. The Labute approximate surface area is 98.2 Å². The first-order valence-corrected chi connectivity index (χ1v) is 5.37. The smallest absolute Gasteiger partial charge is 0.358 e. The highest BCUT2D eigenvalue weighted by Gasteiger charge is 2.48. The van der Waals surface area contributed by atoms with E-state index < -0.39 is 17.4 Å². The maximum Gasteiger partial charge on any atom is 0.358 e. The monoisotopic (exact) mass is 238 g/mol. The van der Waals surface area contributed by atoms with Crippen LogP contribution < -0.4 is 0 Å². The fraction of sp³-hybridized carbons (Fsp3) is 0.545. The quantitative estimate of drug-likeness (QED) is 0.784. The zero-order valence-electron chi connectivity index (χ0n) is 9.77. The van der Waals surface area contributed by atoms with Crippen LogP contribution in [0, 0.1) is 0 Å². The van der Waals surface area contributed by atoms with E-state index in [2.05, 4.69) is 9.84 Å². The zero-order chi connectivity index (χ0) is 12.6. The van der Waals surface area contributed by atoms with Gasteiger partial charge >= 0.3 is 11.9 Å². The summed E-state index contributed by atoms with van der Waals surface area (Å²) in [7, 11) is 2.91. The van der Waals surface area contributed by atoms with Crippen molar-refractivity contribution in [3.05, 3.63) is 17.5 Å². The summed E-state index contributed by atoms with van der Waals surface area (Å²) >= 11 is 0. The van der Waals surface area contributed by atoms with Gasteiger partial charge in [-0.1, -0.05) is 6.42 Å². The van der Waals surface area contributed by atoms with Crippen molar-refractivity contribution >= 4 is 11.9 Å². The molecule has 0 atom stereocenters. The van der Waals surface area contributed by atoms with Gasteiger partial charge in [0.1, 0.15) is 5.41 Å². The Balaban J connectivity index is 2.42. The maximum atomic E-state index is 11.3. The minimum atomic E-state index is -0.881. The first-order chi connectivity index (χ1) is 8.01. The molecule has 0 aliphatic heterocycles. The van der Waals surface area contributed by atoms with Crippen molar-refractivity contribution in [1.29, 1.82) is 0 Å². The maximum absolute atomic E-state index is 11.3. The van der Waals surface area contributed by atoms with E-state index in [-0.39, 0.29) is 5.69 Å². The van der Waals surface area contributed by atoms with Crippen molar-refractivity contribution in [3.63, 3.8) is 0 Å².